The van der Waals surface area contributed by atoms with Crippen LogP contribution in [0.25, 0.3) is 5.69 Å². The Morgan fingerprint density at radius 3 is 2.43 bits per heavy atom. The Labute approximate surface area is 169 Å². The molecule has 0 amide bonds. The van der Waals surface area contributed by atoms with Crippen molar-refractivity contribution in [2.24, 2.45) is 0 Å². The van der Waals surface area contributed by atoms with Gasteiger partial charge in [-0.25, -0.2) is 0 Å². The van der Waals surface area contributed by atoms with E-state index in [4.69, 9.17) is 11.6 Å². The molecule has 0 unspecified atom stereocenters. The highest BCUT2D eigenvalue weighted by Gasteiger charge is 2.24. The van der Waals surface area contributed by atoms with Crippen molar-refractivity contribution >= 4 is 17.3 Å². The first-order valence-electron chi connectivity index (χ1n) is 9.60. The SMILES string of the molecule is Cc1ccccc1C[NH+]1CCN(c2cnn(-c3ccccc3)c(=O)c2Cl)CC1. The van der Waals surface area contributed by atoms with Gasteiger partial charge in [-0.05, 0) is 24.6 Å². The minimum atomic E-state index is -0.278. The van der Waals surface area contributed by atoms with Crippen molar-refractivity contribution in [2.45, 2.75) is 13.5 Å². The van der Waals surface area contributed by atoms with Gasteiger partial charge in [-0.2, -0.15) is 9.78 Å². The number of para-hydroxylation sites is 1. The molecule has 1 saturated heterocycles. The Morgan fingerprint density at radius 1 is 1.04 bits per heavy atom. The van der Waals surface area contributed by atoms with Gasteiger partial charge >= 0.3 is 0 Å². The standard InChI is InChI=1S/C22H23ClN4O/c1-17-7-5-6-8-18(17)16-25-11-13-26(14-12-25)20-15-24-27(22(28)21(20)23)19-9-3-2-4-10-19/h2-10,15H,11-14,16H2,1H3/p+1. The van der Waals surface area contributed by atoms with Gasteiger partial charge in [-0.15, -0.1) is 0 Å². The molecule has 2 heterocycles. The molecule has 28 heavy (non-hydrogen) atoms. The topological polar surface area (TPSA) is 42.6 Å². The minimum Gasteiger partial charge on any atom is -0.358 e. The van der Waals surface area contributed by atoms with Crippen molar-refractivity contribution in [1.29, 1.82) is 0 Å². The zero-order valence-electron chi connectivity index (χ0n) is 15.9. The number of quaternary nitrogens is 1. The summed E-state index contributed by atoms with van der Waals surface area (Å²) in [6.07, 6.45) is 1.71. The van der Waals surface area contributed by atoms with Crippen LogP contribution in [0.1, 0.15) is 11.1 Å². The molecule has 2 aromatic carbocycles. The molecule has 1 N–H and O–H groups in total. The predicted molar refractivity (Wildman–Crippen MR) is 113 cm³/mol. The van der Waals surface area contributed by atoms with Gasteiger partial charge in [0.15, 0.2) is 0 Å². The van der Waals surface area contributed by atoms with Gasteiger partial charge in [-0.3, -0.25) is 4.79 Å². The third-order valence-electron chi connectivity index (χ3n) is 5.41. The Balaban J connectivity index is 1.47. The fraction of sp³-hybridized carbons (Fsp3) is 0.273. The molecule has 144 valence electrons. The number of benzene rings is 2. The number of hydrogen-bond acceptors (Lipinski definition) is 3. The molecule has 0 atom stereocenters. The highest BCUT2D eigenvalue weighted by atomic mass is 35.5. The second-order valence-electron chi connectivity index (χ2n) is 7.24. The van der Waals surface area contributed by atoms with Crippen LogP contribution in [0.4, 0.5) is 5.69 Å². The van der Waals surface area contributed by atoms with Crippen LogP contribution in [-0.2, 0) is 6.54 Å². The third kappa shape index (κ3) is 3.81. The summed E-state index contributed by atoms with van der Waals surface area (Å²) in [4.78, 5) is 16.4. The summed E-state index contributed by atoms with van der Waals surface area (Å²) in [6, 6.07) is 17.9. The zero-order valence-corrected chi connectivity index (χ0v) is 16.7. The number of piperazine rings is 1. The first-order chi connectivity index (χ1) is 13.6. The Kier molecular flexibility index (Phi) is 5.46. The number of halogens is 1. The van der Waals surface area contributed by atoms with E-state index in [1.165, 1.54) is 15.8 Å². The number of hydrogen-bond donors (Lipinski definition) is 1. The summed E-state index contributed by atoms with van der Waals surface area (Å²) < 4.78 is 1.35. The van der Waals surface area contributed by atoms with E-state index in [2.05, 4.69) is 41.2 Å². The Bertz CT molecular complexity index is 1010. The van der Waals surface area contributed by atoms with Gasteiger partial charge in [0.05, 0.1) is 43.8 Å². The average molecular weight is 396 g/mol. The van der Waals surface area contributed by atoms with E-state index in [-0.39, 0.29) is 10.6 Å². The van der Waals surface area contributed by atoms with Crippen LogP contribution in [0, 0.1) is 6.92 Å². The molecule has 1 aliphatic heterocycles. The molecule has 0 saturated carbocycles. The fourth-order valence-corrected chi connectivity index (χ4v) is 3.96. The molecule has 0 bridgehead atoms. The van der Waals surface area contributed by atoms with E-state index in [9.17, 15) is 4.79 Å². The monoisotopic (exact) mass is 395 g/mol. The molecule has 1 aliphatic rings. The van der Waals surface area contributed by atoms with E-state index >= 15 is 0 Å². The highest BCUT2D eigenvalue weighted by Crippen LogP contribution is 2.21. The molecule has 3 aromatic rings. The van der Waals surface area contributed by atoms with Gasteiger partial charge in [0.2, 0.25) is 0 Å². The zero-order chi connectivity index (χ0) is 19.5. The van der Waals surface area contributed by atoms with Gasteiger partial charge in [0.1, 0.15) is 11.6 Å². The van der Waals surface area contributed by atoms with E-state index in [0.717, 1.165) is 38.4 Å². The third-order valence-corrected chi connectivity index (χ3v) is 5.77. The summed E-state index contributed by atoms with van der Waals surface area (Å²) in [5.41, 5.74) is 3.91. The summed E-state index contributed by atoms with van der Waals surface area (Å²) in [6.45, 7) is 6.92. The number of anilines is 1. The Hall–Kier alpha value is -2.63. The van der Waals surface area contributed by atoms with Gasteiger partial charge in [0, 0.05) is 5.56 Å². The minimum absolute atomic E-state index is 0.237. The molecule has 0 radical (unpaired) electrons. The number of rotatable bonds is 4. The molecule has 0 spiro atoms. The van der Waals surface area contributed by atoms with Crippen molar-refractivity contribution in [2.75, 3.05) is 31.1 Å². The van der Waals surface area contributed by atoms with Crippen LogP contribution in [0.3, 0.4) is 0 Å². The van der Waals surface area contributed by atoms with Crippen molar-refractivity contribution in [1.82, 2.24) is 9.78 Å². The smallest absolute Gasteiger partial charge is 0.292 e. The van der Waals surface area contributed by atoms with Crippen LogP contribution < -0.4 is 15.4 Å². The second kappa shape index (κ2) is 8.17. The molecule has 1 fully saturated rings. The van der Waals surface area contributed by atoms with Crippen LogP contribution in [0.2, 0.25) is 5.02 Å². The van der Waals surface area contributed by atoms with Crippen molar-refractivity contribution in [3.8, 4) is 5.69 Å². The molecule has 6 heteroatoms. The lowest BCUT2D eigenvalue weighted by Gasteiger charge is -2.34. The number of aromatic nitrogens is 2. The van der Waals surface area contributed by atoms with Crippen LogP contribution >= 0.6 is 11.6 Å². The lowest BCUT2D eigenvalue weighted by Crippen LogP contribution is -3.13. The van der Waals surface area contributed by atoms with Gasteiger partial charge < -0.3 is 9.80 Å². The summed E-state index contributed by atoms with van der Waals surface area (Å²) in [7, 11) is 0. The van der Waals surface area contributed by atoms with Crippen LogP contribution in [0.15, 0.2) is 65.6 Å². The number of nitrogens with one attached hydrogen (secondary N) is 1. The largest absolute Gasteiger partial charge is 0.358 e. The van der Waals surface area contributed by atoms with E-state index in [0.29, 0.717) is 5.69 Å². The lowest BCUT2D eigenvalue weighted by molar-refractivity contribution is -0.914. The van der Waals surface area contributed by atoms with Gasteiger partial charge in [0.25, 0.3) is 5.56 Å². The molecule has 5 nitrogen and oxygen atoms in total. The molecule has 0 aliphatic carbocycles. The van der Waals surface area contributed by atoms with Crippen LogP contribution in [0.5, 0.6) is 0 Å². The van der Waals surface area contributed by atoms with Crippen molar-refractivity contribution < 1.29 is 4.90 Å². The summed E-state index contributed by atoms with van der Waals surface area (Å²) >= 11 is 6.45. The molecular weight excluding hydrogens is 372 g/mol. The first-order valence-corrected chi connectivity index (χ1v) is 9.97. The normalized spacial score (nSPS) is 15.0. The summed E-state index contributed by atoms with van der Waals surface area (Å²) in [5, 5.41) is 4.59. The molecule has 1 aromatic heterocycles. The van der Waals surface area contributed by atoms with Crippen molar-refractivity contribution in [3.63, 3.8) is 0 Å². The average Bonchev–Trinajstić information content (AvgIpc) is 2.73. The first kappa shape index (κ1) is 18.7. The highest BCUT2D eigenvalue weighted by molar-refractivity contribution is 6.33. The predicted octanol–water partition coefficient (Wildman–Crippen LogP) is 2.10. The van der Waals surface area contributed by atoms with E-state index in [1.54, 1.807) is 11.1 Å². The van der Waals surface area contributed by atoms with E-state index < -0.39 is 0 Å². The maximum absolute atomic E-state index is 12.7. The second-order valence-corrected chi connectivity index (χ2v) is 7.61. The van der Waals surface area contributed by atoms with Crippen molar-refractivity contribution in [3.05, 3.63) is 87.3 Å². The maximum atomic E-state index is 12.7. The van der Waals surface area contributed by atoms with Crippen LogP contribution in [-0.4, -0.2) is 36.0 Å². The fourth-order valence-electron chi connectivity index (χ4n) is 3.72. The summed E-state index contributed by atoms with van der Waals surface area (Å²) in [5.74, 6) is 0. The number of aryl methyl sites for hydroxylation is 1. The molecular formula is C22H24ClN4O+. The Morgan fingerprint density at radius 2 is 1.71 bits per heavy atom. The van der Waals surface area contributed by atoms with E-state index in [1.807, 2.05) is 30.3 Å². The quantitative estimate of drug-likeness (QED) is 0.735. The maximum Gasteiger partial charge on any atom is 0.292 e. The van der Waals surface area contributed by atoms with Gasteiger partial charge in [-0.1, -0.05) is 54.1 Å². The molecule has 4 rings (SSSR count). The number of nitrogens with zero attached hydrogens (tertiary/aromatic N) is 3. The lowest BCUT2D eigenvalue weighted by atomic mass is 10.1.